The van der Waals surface area contributed by atoms with Gasteiger partial charge in [-0.15, -0.1) is 10.2 Å². The number of hydrogen-bond donors (Lipinski definition) is 2. The standard InChI is InChI=1S/C25H17BrClF4N5O2S/c26-16-5-7-18(8-6-16)36-21(12-32-23(38)14-2-1-3-17(28)10-14)34-35-24(36)39-13-22(37)33-20-11-15(25(29,30)31)4-9-19(20)27/h1-11H,12-13H2,(H,32,38)(H,33,37). The smallest absolute Gasteiger partial charge is 0.345 e. The van der Waals surface area contributed by atoms with Gasteiger partial charge in [-0.25, -0.2) is 4.39 Å². The topological polar surface area (TPSA) is 88.9 Å². The van der Waals surface area contributed by atoms with Crippen LogP contribution in [-0.2, 0) is 17.5 Å². The minimum absolute atomic E-state index is 0.0456. The lowest BCUT2D eigenvalue weighted by Crippen LogP contribution is -2.24. The van der Waals surface area contributed by atoms with Crippen LogP contribution < -0.4 is 10.6 Å². The zero-order valence-electron chi connectivity index (χ0n) is 19.6. The first-order valence-corrected chi connectivity index (χ1v) is 13.2. The summed E-state index contributed by atoms with van der Waals surface area (Å²) in [5, 5.41) is 13.5. The molecule has 0 radical (unpaired) electrons. The second-order valence-corrected chi connectivity index (χ2v) is 10.2. The molecular formula is C25H17BrClF4N5O2S. The molecule has 39 heavy (non-hydrogen) atoms. The fourth-order valence-electron chi connectivity index (χ4n) is 3.36. The maximum absolute atomic E-state index is 13.5. The first-order chi connectivity index (χ1) is 18.5. The molecule has 0 atom stereocenters. The van der Waals surface area contributed by atoms with Crippen LogP contribution in [0.2, 0.25) is 5.02 Å². The third-order valence-electron chi connectivity index (χ3n) is 5.18. The summed E-state index contributed by atoms with van der Waals surface area (Å²) in [6.07, 6.45) is -4.60. The van der Waals surface area contributed by atoms with Gasteiger partial charge in [-0.1, -0.05) is 45.4 Å². The van der Waals surface area contributed by atoms with Crippen LogP contribution in [0.3, 0.4) is 0 Å². The van der Waals surface area contributed by atoms with Gasteiger partial charge in [0.25, 0.3) is 5.91 Å². The van der Waals surface area contributed by atoms with Gasteiger partial charge >= 0.3 is 6.18 Å². The van der Waals surface area contributed by atoms with E-state index in [9.17, 15) is 27.2 Å². The fraction of sp³-hybridized carbons (Fsp3) is 0.120. The van der Waals surface area contributed by atoms with E-state index in [0.29, 0.717) is 11.5 Å². The zero-order valence-corrected chi connectivity index (χ0v) is 22.8. The maximum Gasteiger partial charge on any atom is 0.416 e. The average molecular weight is 643 g/mol. The molecule has 4 rings (SSSR count). The second kappa shape index (κ2) is 12.2. The van der Waals surface area contributed by atoms with Gasteiger partial charge in [0.2, 0.25) is 5.91 Å². The molecule has 0 unspecified atom stereocenters. The number of nitrogens with one attached hydrogen (secondary N) is 2. The van der Waals surface area contributed by atoms with Crippen LogP contribution in [0, 0.1) is 5.82 Å². The number of nitrogens with zero attached hydrogens (tertiary/aromatic N) is 3. The summed E-state index contributed by atoms with van der Waals surface area (Å²) in [7, 11) is 0. The van der Waals surface area contributed by atoms with E-state index in [1.165, 1.54) is 18.2 Å². The van der Waals surface area contributed by atoms with Crippen molar-refractivity contribution in [3.8, 4) is 5.69 Å². The minimum atomic E-state index is -4.60. The molecule has 1 aromatic heterocycles. The van der Waals surface area contributed by atoms with Crippen molar-refractivity contribution in [1.29, 1.82) is 0 Å². The molecule has 0 saturated heterocycles. The van der Waals surface area contributed by atoms with Gasteiger partial charge in [-0.3, -0.25) is 14.2 Å². The highest BCUT2D eigenvalue weighted by atomic mass is 79.9. The van der Waals surface area contributed by atoms with Gasteiger partial charge in [-0.2, -0.15) is 13.2 Å². The Labute approximate surface area is 237 Å². The number of amides is 2. The van der Waals surface area contributed by atoms with Gasteiger partial charge in [0, 0.05) is 15.7 Å². The Morgan fingerprint density at radius 2 is 1.77 bits per heavy atom. The molecular weight excluding hydrogens is 626 g/mol. The molecule has 0 aliphatic carbocycles. The molecule has 0 aliphatic heterocycles. The van der Waals surface area contributed by atoms with Crippen LogP contribution in [0.1, 0.15) is 21.7 Å². The summed E-state index contributed by atoms with van der Waals surface area (Å²) in [5.74, 6) is -1.59. The van der Waals surface area contributed by atoms with E-state index in [2.05, 4.69) is 36.8 Å². The highest BCUT2D eigenvalue weighted by Crippen LogP contribution is 2.34. The first kappa shape index (κ1) is 28.6. The Morgan fingerprint density at radius 3 is 2.46 bits per heavy atom. The van der Waals surface area contributed by atoms with Crippen LogP contribution in [0.15, 0.2) is 76.4 Å². The number of carbonyl (C=O) groups excluding carboxylic acids is 2. The molecule has 14 heteroatoms. The van der Waals surface area contributed by atoms with E-state index in [1.807, 2.05) is 0 Å². The minimum Gasteiger partial charge on any atom is -0.345 e. The lowest BCUT2D eigenvalue weighted by atomic mass is 10.2. The van der Waals surface area contributed by atoms with Crippen LogP contribution in [0.4, 0.5) is 23.2 Å². The molecule has 2 N–H and O–H groups in total. The SMILES string of the molecule is O=C(CSc1nnc(CNC(=O)c2cccc(F)c2)n1-c1ccc(Br)cc1)Nc1cc(C(F)(F)F)ccc1Cl. The molecule has 202 valence electrons. The van der Waals surface area contributed by atoms with Crippen molar-refractivity contribution in [3.05, 3.63) is 99.0 Å². The van der Waals surface area contributed by atoms with E-state index < -0.39 is 29.4 Å². The third-order valence-corrected chi connectivity index (χ3v) is 6.97. The number of hydrogen-bond acceptors (Lipinski definition) is 5. The molecule has 0 spiro atoms. The van der Waals surface area contributed by atoms with E-state index in [1.54, 1.807) is 28.8 Å². The van der Waals surface area contributed by atoms with Crippen LogP contribution in [0.25, 0.3) is 5.69 Å². The zero-order chi connectivity index (χ0) is 28.2. The van der Waals surface area contributed by atoms with Crippen LogP contribution in [0.5, 0.6) is 0 Å². The van der Waals surface area contributed by atoms with E-state index in [0.717, 1.165) is 40.5 Å². The summed E-state index contributed by atoms with van der Waals surface area (Å²) >= 11 is 10.3. The lowest BCUT2D eigenvalue weighted by molar-refractivity contribution is -0.137. The number of benzene rings is 3. The summed E-state index contributed by atoms with van der Waals surface area (Å²) in [5.41, 5.74) is -0.367. The highest BCUT2D eigenvalue weighted by Gasteiger charge is 2.31. The Balaban J connectivity index is 1.51. The van der Waals surface area contributed by atoms with Crippen molar-refractivity contribution in [2.24, 2.45) is 0 Å². The Kier molecular flexibility index (Phi) is 8.93. The molecule has 7 nitrogen and oxygen atoms in total. The lowest BCUT2D eigenvalue weighted by Gasteiger charge is -2.13. The number of carbonyl (C=O) groups is 2. The highest BCUT2D eigenvalue weighted by molar-refractivity contribution is 9.10. The number of aromatic nitrogens is 3. The van der Waals surface area contributed by atoms with Crippen molar-refractivity contribution in [3.63, 3.8) is 0 Å². The van der Waals surface area contributed by atoms with Gasteiger partial charge < -0.3 is 10.6 Å². The summed E-state index contributed by atoms with van der Waals surface area (Å²) in [6, 6.07) is 14.9. The van der Waals surface area contributed by atoms with Gasteiger partial charge in [0.05, 0.1) is 28.6 Å². The van der Waals surface area contributed by atoms with Gasteiger partial charge in [0.15, 0.2) is 11.0 Å². The van der Waals surface area contributed by atoms with E-state index >= 15 is 0 Å². The first-order valence-electron chi connectivity index (χ1n) is 11.0. The molecule has 0 bridgehead atoms. The molecule has 0 aliphatic rings. The van der Waals surface area contributed by atoms with E-state index in [4.69, 9.17) is 11.6 Å². The predicted molar refractivity (Wildman–Crippen MR) is 142 cm³/mol. The Hall–Kier alpha value is -3.42. The second-order valence-electron chi connectivity index (χ2n) is 7.93. The number of halogens is 6. The molecule has 0 fully saturated rings. The van der Waals surface area contributed by atoms with Crippen LogP contribution >= 0.6 is 39.3 Å². The van der Waals surface area contributed by atoms with Crippen molar-refractivity contribution in [2.75, 3.05) is 11.1 Å². The number of rotatable bonds is 8. The summed E-state index contributed by atoms with van der Waals surface area (Å²) in [6.45, 7) is -0.0645. The Bertz CT molecular complexity index is 1520. The fourth-order valence-corrected chi connectivity index (χ4v) is 4.56. The molecule has 0 saturated carbocycles. The largest absolute Gasteiger partial charge is 0.416 e. The normalized spacial score (nSPS) is 11.3. The van der Waals surface area contributed by atoms with Gasteiger partial charge in [0.1, 0.15) is 5.82 Å². The van der Waals surface area contributed by atoms with Crippen LogP contribution in [-0.4, -0.2) is 32.3 Å². The number of thioether (sulfide) groups is 1. The predicted octanol–water partition coefficient (Wildman–Crippen LogP) is 6.50. The van der Waals surface area contributed by atoms with Crippen molar-refractivity contribution >= 4 is 56.8 Å². The number of alkyl halides is 3. The molecule has 4 aromatic rings. The molecule has 2 amide bonds. The summed E-state index contributed by atoms with van der Waals surface area (Å²) < 4.78 is 55.0. The molecule has 3 aromatic carbocycles. The van der Waals surface area contributed by atoms with Crippen molar-refractivity contribution in [2.45, 2.75) is 17.9 Å². The number of anilines is 1. The van der Waals surface area contributed by atoms with E-state index in [-0.39, 0.29) is 33.7 Å². The van der Waals surface area contributed by atoms with Crippen molar-refractivity contribution < 1.29 is 27.2 Å². The third kappa shape index (κ3) is 7.37. The monoisotopic (exact) mass is 641 g/mol. The quantitative estimate of drug-likeness (QED) is 0.169. The van der Waals surface area contributed by atoms with Gasteiger partial charge in [-0.05, 0) is 60.7 Å². The maximum atomic E-state index is 13.5. The Morgan fingerprint density at radius 1 is 1.03 bits per heavy atom. The van der Waals surface area contributed by atoms with Crippen molar-refractivity contribution in [1.82, 2.24) is 20.1 Å². The average Bonchev–Trinajstić information content (AvgIpc) is 3.30. The summed E-state index contributed by atoms with van der Waals surface area (Å²) in [4.78, 5) is 25.1. The molecule has 1 heterocycles.